The van der Waals surface area contributed by atoms with Crippen LogP contribution in [-0.4, -0.2) is 22.6 Å². The fourth-order valence-corrected chi connectivity index (χ4v) is 1.70. The molecule has 0 N–H and O–H groups in total. The predicted molar refractivity (Wildman–Crippen MR) is 62.5 cm³/mol. The number of halogens is 1. The summed E-state index contributed by atoms with van der Waals surface area (Å²) in [6, 6.07) is 2.47. The molecule has 0 saturated heterocycles. The first-order valence-electron chi connectivity index (χ1n) is 4.93. The number of nitrogens with zero attached hydrogens (tertiary/aromatic N) is 3. The van der Waals surface area contributed by atoms with Crippen molar-refractivity contribution in [3.05, 3.63) is 17.0 Å². The van der Waals surface area contributed by atoms with E-state index in [1.54, 1.807) is 6.33 Å². The summed E-state index contributed by atoms with van der Waals surface area (Å²) in [4.78, 5) is 10.6. The summed E-state index contributed by atoms with van der Waals surface area (Å²) in [5.41, 5.74) is 0. The lowest BCUT2D eigenvalue weighted by molar-refractivity contribution is 0.622. The Morgan fingerprint density at radius 3 is 2.64 bits per heavy atom. The molecule has 1 rings (SSSR count). The number of hydrogen-bond acceptors (Lipinski definition) is 3. The Balaban J connectivity index is 2.89. The molecule has 3 nitrogen and oxygen atoms in total. The van der Waals surface area contributed by atoms with Gasteiger partial charge in [0.05, 0.1) is 0 Å². The zero-order valence-corrected chi connectivity index (χ0v) is 10.5. The summed E-state index contributed by atoms with van der Waals surface area (Å²) in [7, 11) is 0. The molecule has 14 heavy (non-hydrogen) atoms. The van der Waals surface area contributed by atoms with Crippen LogP contribution in [0, 0.1) is 0 Å². The van der Waals surface area contributed by atoms with Crippen LogP contribution in [0.25, 0.3) is 0 Å². The van der Waals surface area contributed by atoms with Crippen LogP contribution in [0.4, 0.5) is 5.82 Å². The van der Waals surface area contributed by atoms with Crippen molar-refractivity contribution in [3.8, 4) is 0 Å². The minimum atomic E-state index is 0.516. The molecule has 0 amide bonds. The van der Waals surface area contributed by atoms with E-state index in [4.69, 9.17) is 0 Å². The average Bonchev–Trinajstić information content (AvgIpc) is 2.19. The Morgan fingerprint density at radius 1 is 1.43 bits per heavy atom. The second-order valence-electron chi connectivity index (χ2n) is 3.24. The van der Waals surface area contributed by atoms with E-state index in [9.17, 15) is 0 Å². The van der Waals surface area contributed by atoms with Gasteiger partial charge in [-0.25, -0.2) is 9.97 Å². The normalized spacial score (nSPS) is 12.6. The molecule has 78 valence electrons. The van der Waals surface area contributed by atoms with Gasteiger partial charge < -0.3 is 4.90 Å². The van der Waals surface area contributed by atoms with Gasteiger partial charge in [-0.1, -0.05) is 6.92 Å². The molecule has 0 aliphatic heterocycles. The van der Waals surface area contributed by atoms with Crippen molar-refractivity contribution >= 4 is 21.7 Å². The molecule has 0 spiro atoms. The van der Waals surface area contributed by atoms with E-state index in [0.717, 1.165) is 23.4 Å². The van der Waals surface area contributed by atoms with E-state index in [0.29, 0.717) is 6.04 Å². The number of anilines is 1. The van der Waals surface area contributed by atoms with Gasteiger partial charge >= 0.3 is 0 Å². The van der Waals surface area contributed by atoms with Crippen molar-refractivity contribution < 1.29 is 0 Å². The maximum atomic E-state index is 4.26. The largest absolute Gasteiger partial charge is 0.354 e. The molecule has 0 radical (unpaired) electrons. The molecule has 1 unspecified atom stereocenters. The zero-order chi connectivity index (χ0) is 10.6. The topological polar surface area (TPSA) is 29.0 Å². The van der Waals surface area contributed by atoms with Gasteiger partial charge in [-0.15, -0.1) is 0 Å². The van der Waals surface area contributed by atoms with Gasteiger partial charge in [-0.3, -0.25) is 0 Å². The first kappa shape index (κ1) is 11.4. The second kappa shape index (κ2) is 5.29. The van der Waals surface area contributed by atoms with Crippen LogP contribution in [-0.2, 0) is 0 Å². The van der Waals surface area contributed by atoms with Crippen molar-refractivity contribution in [1.29, 1.82) is 0 Å². The first-order valence-corrected chi connectivity index (χ1v) is 5.72. The van der Waals surface area contributed by atoms with Crippen LogP contribution in [0.15, 0.2) is 17.0 Å². The maximum absolute atomic E-state index is 4.26. The van der Waals surface area contributed by atoms with E-state index >= 15 is 0 Å². The van der Waals surface area contributed by atoms with Crippen molar-refractivity contribution in [3.63, 3.8) is 0 Å². The van der Waals surface area contributed by atoms with Gasteiger partial charge in [-0.2, -0.15) is 0 Å². The Hall–Kier alpha value is -0.640. The van der Waals surface area contributed by atoms with Crippen LogP contribution in [0.3, 0.4) is 0 Å². The monoisotopic (exact) mass is 257 g/mol. The number of aromatic nitrogens is 2. The molecule has 1 aromatic heterocycles. The maximum Gasteiger partial charge on any atom is 0.133 e. The molecule has 1 atom stereocenters. The lowest BCUT2D eigenvalue weighted by atomic mass is 10.2. The molecule has 0 saturated carbocycles. The second-order valence-corrected chi connectivity index (χ2v) is 4.05. The van der Waals surface area contributed by atoms with Crippen molar-refractivity contribution in [2.24, 2.45) is 0 Å². The fraction of sp³-hybridized carbons (Fsp3) is 0.600. The highest BCUT2D eigenvalue weighted by molar-refractivity contribution is 9.10. The number of rotatable bonds is 4. The molecule has 1 aromatic rings. The quantitative estimate of drug-likeness (QED) is 0.777. The molecule has 0 aliphatic rings. The zero-order valence-electron chi connectivity index (χ0n) is 8.87. The highest BCUT2D eigenvalue weighted by Crippen LogP contribution is 2.17. The first-order chi connectivity index (χ1) is 6.69. The molecular formula is C10H16BrN3. The Labute approximate surface area is 93.7 Å². The third-order valence-electron chi connectivity index (χ3n) is 2.38. The van der Waals surface area contributed by atoms with Crippen LogP contribution in [0.1, 0.15) is 27.2 Å². The molecular weight excluding hydrogens is 242 g/mol. The van der Waals surface area contributed by atoms with Crippen LogP contribution >= 0.6 is 15.9 Å². The third-order valence-corrected chi connectivity index (χ3v) is 2.81. The van der Waals surface area contributed by atoms with Gasteiger partial charge in [0.1, 0.15) is 16.7 Å². The van der Waals surface area contributed by atoms with E-state index in [1.807, 2.05) is 6.07 Å². The summed E-state index contributed by atoms with van der Waals surface area (Å²) < 4.78 is 0.837. The lowest BCUT2D eigenvalue weighted by Gasteiger charge is -2.28. The summed E-state index contributed by atoms with van der Waals surface area (Å²) in [5.74, 6) is 0.990. The van der Waals surface area contributed by atoms with Gasteiger partial charge in [0.15, 0.2) is 0 Å². The smallest absolute Gasteiger partial charge is 0.133 e. The van der Waals surface area contributed by atoms with E-state index in [-0.39, 0.29) is 0 Å². The molecule has 4 heteroatoms. The summed E-state index contributed by atoms with van der Waals surface area (Å²) in [6.45, 7) is 7.50. The average molecular weight is 258 g/mol. The van der Waals surface area contributed by atoms with Gasteiger partial charge in [0.2, 0.25) is 0 Å². The van der Waals surface area contributed by atoms with Crippen molar-refractivity contribution in [1.82, 2.24) is 9.97 Å². The van der Waals surface area contributed by atoms with Crippen LogP contribution < -0.4 is 4.90 Å². The van der Waals surface area contributed by atoms with Crippen LogP contribution in [0.2, 0.25) is 0 Å². The van der Waals surface area contributed by atoms with E-state index < -0.39 is 0 Å². The summed E-state index contributed by atoms with van der Waals surface area (Å²) >= 11 is 3.35. The highest BCUT2D eigenvalue weighted by atomic mass is 79.9. The summed E-state index contributed by atoms with van der Waals surface area (Å²) in [5, 5.41) is 0. The van der Waals surface area contributed by atoms with Crippen LogP contribution in [0.5, 0.6) is 0 Å². The van der Waals surface area contributed by atoms with Gasteiger partial charge in [-0.05, 0) is 36.2 Å². The highest BCUT2D eigenvalue weighted by Gasteiger charge is 2.12. The third kappa shape index (κ3) is 2.67. The SMILES string of the molecule is CCC(C)N(CC)c1cc(Br)ncn1. The molecule has 1 heterocycles. The minimum Gasteiger partial charge on any atom is -0.354 e. The van der Waals surface area contributed by atoms with Crippen molar-refractivity contribution in [2.75, 3.05) is 11.4 Å². The lowest BCUT2D eigenvalue weighted by Crippen LogP contribution is -2.32. The fourth-order valence-electron chi connectivity index (χ4n) is 1.40. The minimum absolute atomic E-state index is 0.516. The van der Waals surface area contributed by atoms with Gasteiger partial charge in [0.25, 0.3) is 0 Å². The molecule has 0 bridgehead atoms. The van der Waals surface area contributed by atoms with E-state index in [2.05, 4.69) is 51.6 Å². The molecule has 0 aromatic carbocycles. The van der Waals surface area contributed by atoms with Gasteiger partial charge in [0, 0.05) is 18.7 Å². The Bertz CT molecular complexity index is 290. The summed E-state index contributed by atoms with van der Waals surface area (Å²) in [6.07, 6.45) is 2.71. The Morgan fingerprint density at radius 2 is 2.14 bits per heavy atom. The number of hydrogen-bond donors (Lipinski definition) is 0. The predicted octanol–water partition coefficient (Wildman–Crippen LogP) is 2.86. The van der Waals surface area contributed by atoms with E-state index in [1.165, 1.54) is 0 Å². The standard InChI is InChI=1S/C10H16BrN3/c1-4-8(3)14(5-2)10-6-9(11)12-7-13-10/h6-8H,4-5H2,1-3H3. The molecule has 0 fully saturated rings. The Kier molecular flexibility index (Phi) is 4.32. The molecule has 0 aliphatic carbocycles. The van der Waals surface area contributed by atoms with Crippen molar-refractivity contribution in [2.45, 2.75) is 33.2 Å².